The van der Waals surface area contributed by atoms with E-state index in [-0.39, 0.29) is 10.8 Å². The van der Waals surface area contributed by atoms with Gasteiger partial charge in [-0.1, -0.05) is 53.7 Å². The molecule has 0 bridgehead atoms. The molecule has 0 saturated carbocycles. The van der Waals surface area contributed by atoms with Crippen molar-refractivity contribution in [3.8, 4) is 0 Å². The van der Waals surface area contributed by atoms with Crippen molar-refractivity contribution in [1.82, 2.24) is 0 Å². The van der Waals surface area contributed by atoms with Crippen molar-refractivity contribution in [1.29, 1.82) is 0 Å². The maximum Gasteiger partial charge on any atom is 0.150 e. The fourth-order valence-corrected chi connectivity index (χ4v) is 3.59. The number of aldehydes is 2. The van der Waals surface area contributed by atoms with Gasteiger partial charge in [0, 0.05) is 11.1 Å². The molecule has 0 saturated heterocycles. The Hall–Kier alpha value is -2.30. The lowest BCUT2D eigenvalue weighted by Crippen LogP contribution is -2.19. The highest BCUT2D eigenvalue weighted by Gasteiger charge is 2.28. The fraction of sp³-hybridized carbons (Fsp3) is 0.462. The highest BCUT2D eigenvalue weighted by Crippen LogP contribution is 2.38. The first kappa shape index (κ1) is 24.0. The second-order valence-electron chi connectivity index (χ2n) is 10.2. The second kappa shape index (κ2) is 8.44. The zero-order valence-electron chi connectivity index (χ0n) is 19.3. The van der Waals surface area contributed by atoms with Gasteiger partial charge in [0.2, 0.25) is 0 Å². The summed E-state index contributed by atoms with van der Waals surface area (Å²) in [6.07, 6.45) is -0.912. The van der Waals surface area contributed by atoms with Gasteiger partial charge in [-0.05, 0) is 70.2 Å². The van der Waals surface area contributed by atoms with E-state index < -0.39 is 12.2 Å². The second-order valence-corrected chi connectivity index (χ2v) is 10.2. The highest BCUT2D eigenvalue weighted by atomic mass is 16.3. The van der Waals surface area contributed by atoms with Crippen LogP contribution < -0.4 is 0 Å². The number of hydrogen-bond donors (Lipinski definition) is 2. The summed E-state index contributed by atoms with van der Waals surface area (Å²) < 4.78 is 0. The summed E-state index contributed by atoms with van der Waals surface area (Å²) in [5, 5.41) is 22.3. The van der Waals surface area contributed by atoms with Gasteiger partial charge in [0.25, 0.3) is 0 Å². The zero-order valence-corrected chi connectivity index (χ0v) is 19.3. The molecular formula is C26H34O4. The first-order chi connectivity index (χ1) is 13.7. The molecule has 0 amide bonds. The maximum atomic E-state index is 11.6. The molecule has 4 heteroatoms. The van der Waals surface area contributed by atoms with E-state index in [4.69, 9.17) is 0 Å². The quantitative estimate of drug-likeness (QED) is 0.657. The number of carbonyl (C=O) groups excluding carboxylic acids is 2. The van der Waals surface area contributed by atoms with Crippen molar-refractivity contribution in [3.05, 3.63) is 68.8 Å². The van der Waals surface area contributed by atoms with Crippen LogP contribution in [0.1, 0.15) is 108 Å². The Morgan fingerprint density at radius 1 is 0.667 bits per heavy atom. The highest BCUT2D eigenvalue weighted by molar-refractivity contribution is 5.79. The van der Waals surface area contributed by atoms with Crippen LogP contribution >= 0.6 is 0 Å². The van der Waals surface area contributed by atoms with E-state index in [9.17, 15) is 19.8 Å². The molecule has 0 aliphatic heterocycles. The minimum atomic E-state index is -1.24. The van der Waals surface area contributed by atoms with Gasteiger partial charge in [-0.2, -0.15) is 0 Å². The number of carbonyl (C=O) groups is 2. The molecule has 162 valence electrons. The van der Waals surface area contributed by atoms with Crippen LogP contribution in [0, 0.1) is 13.8 Å². The summed E-state index contributed by atoms with van der Waals surface area (Å²) in [6, 6.07) is 7.39. The summed E-state index contributed by atoms with van der Waals surface area (Å²) in [5.74, 6) is 0. The van der Waals surface area contributed by atoms with Crippen molar-refractivity contribution in [2.45, 2.75) is 78.4 Å². The Morgan fingerprint density at radius 3 is 1.20 bits per heavy atom. The molecule has 0 aliphatic rings. The van der Waals surface area contributed by atoms with Crippen LogP contribution in [0.25, 0.3) is 0 Å². The molecule has 30 heavy (non-hydrogen) atoms. The van der Waals surface area contributed by atoms with Gasteiger partial charge in [-0.15, -0.1) is 0 Å². The van der Waals surface area contributed by atoms with Gasteiger partial charge in [0.15, 0.2) is 0 Å². The van der Waals surface area contributed by atoms with Crippen LogP contribution in [0.3, 0.4) is 0 Å². The van der Waals surface area contributed by atoms with Crippen LogP contribution in [-0.4, -0.2) is 22.8 Å². The van der Waals surface area contributed by atoms with Crippen LogP contribution in [0.2, 0.25) is 0 Å². The van der Waals surface area contributed by atoms with Crippen molar-refractivity contribution < 1.29 is 19.8 Å². The van der Waals surface area contributed by atoms with E-state index in [2.05, 4.69) is 0 Å². The summed E-state index contributed by atoms with van der Waals surface area (Å²) >= 11 is 0. The lowest BCUT2D eigenvalue weighted by molar-refractivity contribution is 0.0163. The van der Waals surface area contributed by atoms with Gasteiger partial charge in [-0.3, -0.25) is 9.59 Å². The molecule has 4 nitrogen and oxygen atoms in total. The molecular weight excluding hydrogens is 376 g/mol. The van der Waals surface area contributed by atoms with Gasteiger partial charge in [0.05, 0.1) is 0 Å². The monoisotopic (exact) mass is 410 g/mol. The van der Waals surface area contributed by atoms with E-state index >= 15 is 0 Å². The van der Waals surface area contributed by atoms with Crippen LogP contribution in [0.15, 0.2) is 24.3 Å². The largest absolute Gasteiger partial charge is 0.385 e. The molecule has 2 N–H and O–H groups in total. The van der Waals surface area contributed by atoms with Crippen molar-refractivity contribution in [3.63, 3.8) is 0 Å². The molecule has 2 aromatic rings. The van der Waals surface area contributed by atoms with E-state index in [1.807, 2.05) is 65.8 Å². The molecule has 2 aromatic carbocycles. The van der Waals surface area contributed by atoms with Crippen LogP contribution in [-0.2, 0) is 10.8 Å². The summed E-state index contributed by atoms with van der Waals surface area (Å²) in [5.41, 5.74) is 4.69. The van der Waals surface area contributed by atoms with Gasteiger partial charge in [-0.25, -0.2) is 0 Å². The van der Waals surface area contributed by atoms with E-state index in [0.29, 0.717) is 33.4 Å². The van der Waals surface area contributed by atoms with Gasteiger partial charge >= 0.3 is 0 Å². The molecule has 0 fully saturated rings. The molecule has 2 rings (SSSR count). The van der Waals surface area contributed by atoms with Gasteiger partial charge < -0.3 is 10.2 Å². The first-order valence-corrected chi connectivity index (χ1v) is 10.3. The van der Waals surface area contributed by atoms with E-state index in [1.54, 1.807) is 13.8 Å². The Morgan fingerprint density at radius 2 is 0.967 bits per heavy atom. The molecule has 0 aliphatic carbocycles. The SMILES string of the molecule is Cc1c(C=O)cc(C(C)(C)C)cc1C(O)C(O)c1cc(C(C)(C)C)cc(C=O)c1C. The zero-order chi connectivity index (χ0) is 23.0. The number of benzene rings is 2. The molecule has 0 spiro atoms. The number of aliphatic hydroxyl groups excluding tert-OH is 2. The summed E-state index contributed by atoms with van der Waals surface area (Å²) in [7, 11) is 0. The summed E-state index contributed by atoms with van der Waals surface area (Å²) in [4.78, 5) is 23.3. The molecule has 0 heterocycles. The third-order valence-corrected chi connectivity index (χ3v) is 5.90. The van der Waals surface area contributed by atoms with E-state index in [0.717, 1.165) is 23.7 Å². The average Bonchev–Trinajstić information content (AvgIpc) is 2.65. The molecule has 2 unspecified atom stereocenters. The topological polar surface area (TPSA) is 74.6 Å². The molecule has 2 atom stereocenters. The average molecular weight is 411 g/mol. The Labute approximate surface area is 180 Å². The maximum absolute atomic E-state index is 11.6. The Bertz CT molecular complexity index is 879. The predicted molar refractivity (Wildman–Crippen MR) is 120 cm³/mol. The lowest BCUT2D eigenvalue weighted by Gasteiger charge is -2.28. The van der Waals surface area contributed by atoms with Crippen molar-refractivity contribution >= 4 is 12.6 Å². The van der Waals surface area contributed by atoms with E-state index in [1.165, 1.54) is 0 Å². The smallest absolute Gasteiger partial charge is 0.150 e. The fourth-order valence-electron chi connectivity index (χ4n) is 3.59. The Balaban J connectivity index is 2.67. The summed E-state index contributed by atoms with van der Waals surface area (Å²) in [6.45, 7) is 15.8. The third kappa shape index (κ3) is 4.71. The van der Waals surface area contributed by atoms with Crippen molar-refractivity contribution in [2.24, 2.45) is 0 Å². The lowest BCUT2D eigenvalue weighted by atomic mass is 9.80. The number of rotatable bonds is 5. The molecule has 0 radical (unpaired) electrons. The first-order valence-electron chi connectivity index (χ1n) is 10.3. The minimum absolute atomic E-state index is 0.225. The van der Waals surface area contributed by atoms with Crippen LogP contribution in [0.4, 0.5) is 0 Å². The number of hydrogen-bond acceptors (Lipinski definition) is 4. The van der Waals surface area contributed by atoms with Crippen LogP contribution in [0.5, 0.6) is 0 Å². The predicted octanol–water partition coefficient (Wildman–Crippen LogP) is 5.29. The number of aliphatic hydroxyl groups is 2. The standard InChI is InChI=1S/C26H34O4/c1-15-17(13-27)9-19(25(3,4)5)11-21(15)23(29)24(30)22-12-20(26(6,7)8)10-18(14-28)16(22)2/h9-14,23-24,29-30H,1-8H3. The normalized spacial score (nSPS) is 14.3. The van der Waals surface area contributed by atoms with Gasteiger partial charge in [0.1, 0.15) is 24.8 Å². The third-order valence-electron chi connectivity index (χ3n) is 5.90. The Kier molecular flexibility index (Phi) is 6.75. The molecule has 0 aromatic heterocycles. The minimum Gasteiger partial charge on any atom is -0.385 e. The van der Waals surface area contributed by atoms with Crippen molar-refractivity contribution in [2.75, 3.05) is 0 Å².